The van der Waals surface area contributed by atoms with Crippen LogP contribution < -0.4 is 11.1 Å². The molecule has 0 aliphatic heterocycles. The number of nitrogen functional groups attached to an aromatic ring is 1. The fraction of sp³-hybridized carbons (Fsp3) is 0.176. The maximum Gasteiger partial charge on any atom is 0.267 e. The molecular weight excluding hydrogens is 390 g/mol. The van der Waals surface area contributed by atoms with Crippen LogP contribution in [0.5, 0.6) is 0 Å². The lowest BCUT2D eigenvalue weighted by molar-refractivity contribution is 0.103. The first-order chi connectivity index (χ1) is 11.5. The number of hydrogen-bond acceptors (Lipinski definition) is 5. The molecule has 0 atom stereocenters. The second kappa shape index (κ2) is 6.88. The van der Waals surface area contributed by atoms with Crippen molar-refractivity contribution in [3.8, 4) is 0 Å². The minimum Gasteiger partial charge on any atom is -0.397 e. The second-order valence-electron chi connectivity index (χ2n) is 5.34. The van der Waals surface area contributed by atoms with Crippen LogP contribution in [0, 0.1) is 6.92 Å². The van der Waals surface area contributed by atoms with Crippen molar-refractivity contribution >= 4 is 54.8 Å². The summed E-state index contributed by atoms with van der Waals surface area (Å²) in [7, 11) is 1.63. The molecule has 0 spiro atoms. The van der Waals surface area contributed by atoms with Crippen molar-refractivity contribution in [1.29, 1.82) is 0 Å². The molecule has 0 bridgehead atoms. The van der Waals surface area contributed by atoms with E-state index in [0.29, 0.717) is 22.9 Å². The van der Waals surface area contributed by atoms with Crippen LogP contribution in [-0.2, 0) is 11.3 Å². The van der Waals surface area contributed by atoms with Gasteiger partial charge in [0.15, 0.2) is 0 Å². The number of nitrogens with zero attached hydrogens (tertiary/aromatic N) is 1. The van der Waals surface area contributed by atoms with Gasteiger partial charge < -0.3 is 15.8 Å². The molecule has 0 radical (unpaired) electrons. The number of carbonyl (C=O) groups excluding carboxylic acids is 1. The smallest absolute Gasteiger partial charge is 0.267 e. The molecule has 24 heavy (non-hydrogen) atoms. The molecule has 0 aliphatic rings. The Morgan fingerprint density at radius 1 is 1.38 bits per heavy atom. The lowest BCUT2D eigenvalue weighted by Crippen LogP contribution is -2.11. The minimum atomic E-state index is -0.237. The topological polar surface area (TPSA) is 77.2 Å². The summed E-state index contributed by atoms with van der Waals surface area (Å²) in [6.07, 6.45) is 0. The summed E-state index contributed by atoms with van der Waals surface area (Å²) in [6, 6.07) is 9.32. The number of pyridine rings is 1. The van der Waals surface area contributed by atoms with Crippen LogP contribution in [0.2, 0.25) is 0 Å². The number of amides is 1. The maximum atomic E-state index is 12.6. The number of aryl methyl sites for hydroxylation is 1. The molecule has 0 unspecified atom stereocenters. The van der Waals surface area contributed by atoms with E-state index in [0.717, 1.165) is 25.9 Å². The Balaban J connectivity index is 2.00. The Hall–Kier alpha value is -1.96. The van der Waals surface area contributed by atoms with Crippen molar-refractivity contribution < 1.29 is 9.53 Å². The number of anilines is 2. The van der Waals surface area contributed by atoms with Gasteiger partial charge in [0, 0.05) is 28.4 Å². The zero-order valence-corrected chi connectivity index (χ0v) is 15.6. The molecule has 0 saturated heterocycles. The van der Waals surface area contributed by atoms with Gasteiger partial charge in [0.05, 0.1) is 12.3 Å². The van der Waals surface area contributed by atoms with Crippen LogP contribution in [0.1, 0.15) is 20.9 Å². The van der Waals surface area contributed by atoms with Crippen molar-refractivity contribution in [1.82, 2.24) is 4.98 Å². The van der Waals surface area contributed by atoms with Gasteiger partial charge in [-0.25, -0.2) is 4.98 Å². The third-order valence-corrected chi connectivity index (χ3v) is 5.14. The Morgan fingerprint density at radius 2 is 2.08 bits per heavy atom. The van der Waals surface area contributed by atoms with E-state index in [9.17, 15) is 4.79 Å². The standard InChI is InChI=1S/C17H16BrN3O2S/c1-9-7-10(8-23-2)13-14(19)15(24-17(13)20-9)16(22)21-12-5-3-11(18)4-6-12/h3-7H,8,19H2,1-2H3,(H,21,22). The van der Waals surface area contributed by atoms with Crippen LogP contribution in [0.25, 0.3) is 10.2 Å². The van der Waals surface area contributed by atoms with E-state index in [2.05, 4.69) is 26.2 Å². The molecular formula is C17H16BrN3O2S. The van der Waals surface area contributed by atoms with E-state index >= 15 is 0 Å². The highest BCUT2D eigenvalue weighted by Crippen LogP contribution is 2.36. The van der Waals surface area contributed by atoms with E-state index in [-0.39, 0.29) is 5.91 Å². The fourth-order valence-electron chi connectivity index (χ4n) is 2.50. The Morgan fingerprint density at radius 3 is 2.75 bits per heavy atom. The number of rotatable bonds is 4. The molecule has 2 aromatic heterocycles. The van der Waals surface area contributed by atoms with E-state index < -0.39 is 0 Å². The number of thiophene rings is 1. The number of nitrogens with one attached hydrogen (secondary N) is 1. The first-order valence-electron chi connectivity index (χ1n) is 7.24. The molecule has 124 valence electrons. The molecule has 0 aliphatic carbocycles. The number of fused-ring (bicyclic) bond motifs is 1. The summed E-state index contributed by atoms with van der Waals surface area (Å²) < 4.78 is 6.19. The maximum absolute atomic E-state index is 12.6. The summed E-state index contributed by atoms with van der Waals surface area (Å²) in [5.41, 5.74) is 9.22. The predicted molar refractivity (Wildman–Crippen MR) is 102 cm³/mol. The molecule has 0 fully saturated rings. The lowest BCUT2D eigenvalue weighted by Gasteiger charge is -2.06. The first-order valence-corrected chi connectivity index (χ1v) is 8.85. The minimum absolute atomic E-state index is 0.237. The quantitative estimate of drug-likeness (QED) is 0.676. The largest absolute Gasteiger partial charge is 0.397 e. The number of aromatic nitrogens is 1. The van der Waals surface area contributed by atoms with Crippen molar-refractivity contribution in [3.63, 3.8) is 0 Å². The van der Waals surface area contributed by atoms with Crippen LogP contribution in [0.3, 0.4) is 0 Å². The van der Waals surface area contributed by atoms with Gasteiger partial charge >= 0.3 is 0 Å². The third kappa shape index (κ3) is 3.28. The average Bonchev–Trinajstić information content (AvgIpc) is 2.87. The van der Waals surface area contributed by atoms with Gasteiger partial charge in [0.1, 0.15) is 9.71 Å². The first kappa shape index (κ1) is 16.9. The average molecular weight is 406 g/mol. The van der Waals surface area contributed by atoms with Gasteiger partial charge in [-0.05, 0) is 42.8 Å². The van der Waals surface area contributed by atoms with E-state index in [1.165, 1.54) is 11.3 Å². The highest BCUT2D eigenvalue weighted by Gasteiger charge is 2.20. The predicted octanol–water partition coefficient (Wildman–Crippen LogP) is 4.35. The number of nitrogens with two attached hydrogens (primary N) is 1. The van der Waals surface area contributed by atoms with Crippen LogP contribution in [-0.4, -0.2) is 18.0 Å². The summed E-state index contributed by atoms with van der Waals surface area (Å²) in [4.78, 5) is 18.3. The molecule has 1 amide bonds. The van der Waals surface area contributed by atoms with Gasteiger partial charge in [-0.1, -0.05) is 15.9 Å². The zero-order valence-electron chi connectivity index (χ0n) is 13.2. The number of ether oxygens (including phenoxy) is 1. The molecule has 3 aromatic rings. The number of halogens is 1. The molecule has 2 heterocycles. The van der Waals surface area contributed by atoms with Gasteiger partial charge in [-0.2, -0.15) is 0 Å². The zero-order chi connectivity index (χ0) is 17.3. The molecule has 3 N–H and O–H groups in total. The van der Waals surface area contributed by atoms with Gasteiger partial charge in [0.2, 0.25) is 0 Å². The monoisotopic (exact) mass is 405 g/mol. The number of benzene rings is 1. The molecule has 7 heteroatoms. The molecule has 0 saturated carbocycles. The molecule has 3 rings (SSSR count). The summed E-state index contributed by atoms with van der Waals surface area (Å²) in [5.74, 6) is -0.237. The summed E-state index contributed by atoms with van der Waals surface area (Å²) >= 11 is 4.67. The van der Waals surface area contributed by atoms with Gasteiger partial charge in [-0.3, -0.25) is 4.79 Å². The van der Waals surface area contributed by atoms with Gasteiger partial charge in [-0.15, -0.1) is 11.3 Å². The lowest BCUT2D eigenvalue weighted by atomic mass is 10.1. The van der Waals surface area contributed by atoms with Crippen molar-refractivity contribution in [2.24, 2.45) is 0 Å². The van der Waals surface area contributed by atoms with E-state index in [1.807, 2.05) is 37.3 Å². The molecule has 1 aromatic carbocycles. The Bertz CT molecular complexity index is 906. The molecule has 5 nitrogen and oxygen atoms in total. The fourth-order valence-corrected chi connectivity index (χ4v) is 3.84. The highest BCUT2D eigenvalue weighted by molar-refractivity contribution is 9.10. The van der Waals surface area contributed by atoms with Crippen molar-refractivity contribution in [3.05, 3.63) is 50.9 Å². The van der Waals surface area contributed by atoms with Crippen LogP contribution in [0.4, 0.5) is 11.4 Å². The van der Waals surface area contributed by atoms with Gasteiger partial charge in [0.25, 0.3) is 5.91 Å². The SMILES string of the molecule is COCc1cc(C)nc2sc(C(=O)Nc3ccc(Br)cc3)c(N)c12. The number of methoxy groups -OCH3 is 1. The third-order valence-electron chi connectivity index (χ3n) is 3.52. The highest BCUT2D eigenvalue weighted by atomic mass is 79.9. The van der Waals surface area contributed by atoms with Crippen molar-refractivity contribution in [2.45, 2.75) is 13.5 Å². The Labute approximate surface area is 152 Å². The van der Waals surface area contributed by atoms with Crippen LogP contribution >= 0.6 is 27.3 Å². The normalized spacial score (nSPS) is 11.0. The Kier molecular flexibility index (Phi) is 4.84. The summed E-state index contributed by atoms with van der Waals surface area (Å²) in [6.45, 7) is 2.34. The number of hydrogen-bond donors (Lipinski definition) is 2. The second-order valence-corrected chi connectivity index (χ2v) is 7.26. The van der Waals surface area contributed by atoms with E-state index in [1.54, 1.807) is 7.11 Å². The summed E-state index contributed by atoms with van der Waals surface area (Å²) in [5, 5.41) is 3.66. The van der Waals surface area contributed by atoms with Crippen molar-refractivity contribution in [2.75, 3.05) is 18.2 Å². The van der Waals surface area contributed by atoms with Crippen LogP contribution in [0.15, 0.2) is 34.8 Å². The van der Waals surface area contributed by atoms with E-state index in [4.69, 9.17) is 10.5 Å². The number of carbonyl (C=O) groups is 1.